The first-order valence-corrected chi connectivity index (χ1v) is 9.17. The van der Waals surface area contributed by atoms with Crippen molar-refractivity contribution in [3.05, 3.63) is 16.0 Å². The van der Waals surface area contributed by atoms with Crippen molar-refractivity contribution in [2.24, 2.45) is 0 Å². The van der Waals surface area contributed by atoms with Crippen LogP contribution in [0, 0.1) is 13.8 Å². The number of amides is 1. The number of quaternary nitrogens is 1. The van der Waals surface area contributed by atoms with Crippen molar-refractivity contribution < 1.29 is 19.2 Å². The minimum absolute atomic E-state index is 0.0273. The summed E-state index contributed by atoms with van der Waals surface area (Å²) in [5.74, 6) is -0.385. The second kappa shape index (κ2) is 7.93. The number of carbonyl (C=O) groups is 2. The molecule has 1 saturated heterocycles. The van der Waals surface area contributed by atoms with Crippen LogP contribution in [0.3, 0.4) is 0 Å². The van der Waals surface area contributed by atoms with Crippen LogP contribution in [-0.2, 0) is 9.53 Å². The van der Waals surface area contributed by atoms with Gasteiger partial charge in [0.2, 0.25) is 0 Å². The van der Waals surface area contributed by atoms with Crippen LogP contribution in [0.5, 0.6) is 0 Å². The first-order chi connectivity index (χ1) is 10.9. The lowest BCUT2D eigenvalue weighted by Crippen LogP contribution is -3.17. The van der Waals surface area contributed by atoms with E-state index in [4.69, 9.17) is 4.74 Å². The molecule has 1 aliphatic rings. The Morgan fingerprint density at radius 1 is 1.35 bits per heavy atom. The lowest BCUT2D eigenvalue weighted by atomic mass is 10.0. The molecule has 2 atom stereocenters. The van der Waals surface area contributed by atoms with Gasteiger partial charge in [-0.15, -0.1) is 11.3 Å². The van der Waals surface area contributed by atoms with E-state index >= 15 is 0 Å². The first kappa shape index (κ1) is 17.9. The maximum absolute atomic E-state index is 12.4. The number of nitrogens with one attached hydrogen (secondary N) is 2. The third-order valence-corrected chi connectivity index (χ3v) is 5.71. The van der Waals surface area contributed by atoms with Crippen LogP contribution < -0.4 is 10.2 Å². The van der Waals surface area contributed by atoms with E-state index in [0.717, 1.165) is 17.0 Å². The zero-order chi connectivity index (χ0) is 17.0. The van der Waals surface area contributed by atoms with Gasteiger partial charge in [-0.05, 0) is 52.5 Å². The maximum Gasteiger partial charge on any atom is 0.341 e. The van der Waals surface area contributed by atoms with Crippen molar-refractivity contribution in [2.75, 3.05) is 25.0 Å². The predicted molar refractivity (Wildman–Crippen MR) is 92.4 cm³/mol. The summed E-state index contributed by atoms with van der Waals surface area (Å²) in [5, 5.41) is 3.56. The zero-order valence-corrected chi connectivity index (χ0v) is 15.3. The molecule has 0 bridgehead atoms. The summed E-state index contributed by atoms with van der Waals surface area (Å²) in [4.78, 5) is 26.9. The molecule has 5 nitrogen and oxygen atoms in total. The lowest BCUT2D eigenvalue weighted by Gasteiger charge is -2.29. The normalized spacial score (nSPS) is 21.0. The summed E-state index contributed by atoms with van der Waals surface area (Å²) in [6.45, 7) is 9.66. The number of hydrogen-bond donors (Lipinski definition) is 2. The number of aryl methyl sites for hydroxylation is 1. The molecular formula is C17H27N2O3S+. The molecule has 1 aromatic rings. The van der Waals surface area contributed by atoms with E-state index in [1.54, 1.807) is 6.92 Å². The molecule has 1 fully saturated rings. The standard InChI is InChI=1S/C17H26N2O3S/c1-5-22-17(21)15-12(3)13(4)23-16(15)18-14(20)10-19-9-7-6-8-11(19)2/h11H,5-10H2,1-4H3,(H,18,20)/p+1/t11-/m0/s1. The van der Waals surface area contributed by atoms with Crippen LogP contribution in [0.4, 0.5) is 5.00 Å². The Kier molecular flexibility index (Phi) is 6.18. The summed E-state index contributed by atoms with van der Waals surface area (Å²) in [7, 11) is 0. The number of thiophene rings is 1. The fourth-order valence-corrected chi connectivity index (χ4v) is 4.12. The van der Waals surface area contributed by atoms with Crippen LogP contribution in [-0.4, -0.2) is 37.6 Å². The molecule has 0 radical (unpaired) electrons. The van der Waals surface area contributed by atoms with Crippen LogP contribution in [0.15, 0.2) is 0 Å². The van der Waals surface area contributed by atoms with Gasteiger partial charge in [0.25, 0.3) is 5.91 Å². The van der Waals surface area contributed by atoms with E-state index in [-0.39, 0.29) is 11.9 Å². The smallest absolute Gasteiger partial charge is 0.341 e. The average molecular weight is 339 g/mol. The fourth-order valence-electron chi connectivity index (χ4n) is 3.06. The van der Waals surface area contributed by atoms with E-state index < -0.39 is 0 Å². The number of hydrogen-bond acceptors (Lipinski definition) is 4. The molecule has 1 unspecified atom stereocenters. The zero-order valence-electron chi connectivity index (χ0n) is 14.5. The van der Waals surface area contributed by atoms with E-state index in [9.17, 15) is 9.59 Å². The summed E-state index contributed by atoms with van der Waals surface area (Å²) >= 11 is 1.44. The molecule has 0 aliphatic carbocycles. The molecule has 2 rings (SSSR count). The molecule has 1 aliphatic heterocycles. The third-order valence-electron chi connectivity index (χ3n) is 4.59. The van der Waals surface area contributed by atoms with E-state index in [1.165, 1.54) is 35.5 Å². The molecule has 1 amide bonds. The van der Waals surface area contributed by atoms with Crippen molar-refractivity contribution in [3.8, 4) is 0 Å². The summed E-state index contributed by atoms with van der Waals surface area (Å²) in [6, 6.07) is 0.519. The SMILES string of the molecule is CCOC(=O)c1c(NC(=O)C[NH+]2CCCC[C@@H]2C)sc(C)c1C. The number of ether oxygens (including phenoxy) is 1. The number of likely N-dealkylation sites (tertiary alicyclic amines) is 1. The third kappa shape index (κ3) is 4.32. The van der Waals surface area contributed by atoms with Gasteiger partial charge in [-0.2, -0.15) is 0 Å². The lowest BCUT2D eigenvalue weighted by molar-refractivity contribution is -0.920. The minimum atomic E-state index is -0.358. The Morgan fingerprint density at radius 2 is 2.09 bits per heavy atom. The molecule has 2 heterocycles. The Bertz CT molecular complexity index is 583. The molecule has 0 aromatic carbocycles. The maximum atomic E-state index is 12.4. The Hall–Kier alpha value is -1.40. The monoisotopic (exact) mass is 339 g/mol. The second-order valence-electron chi connectivity index (χ2n) is 6.24. The van der Waals surface area contributed by atoms with Gasteiger partial charge < -0.3 is 15.0 Å². The number of carbonyl (C=O) groups excluding carboxylic acids is 2. The number of anilines is 1. The van der Waals surface area contributed by atoms with Crippen molar-refractivity contribution in [1.82, 2.24) is 0 Å². The van der Waals surface area contributed by atoms with Gasteiger partial charge in [0.1, 0.15) is 5.00 Å². The van der Waals surface area contributed by atoms with E-state index in [2.05, 4.69) is 12.2 Å². The highest BCUT2D eigenvalue weighted by molar-refractivity contribution is 7.16. The predicted octanol–water partition coefficient (Wildman–Crippen LogP) is 1.94. The molecule has 6 heteroatoms. The molecule has 128 valence electrons. The Labute approximate surface area is 142 Å². The van der Waals surface area contributed by atoms with E-state index in [0.29, 0.717) is 29.8 Å². The van der Waals surface area contributed by atoms with Gasteiger partial charge in [0.15, 0.2) is 6.54 Å². The van der Waals surface area contributed by atoms with Gasteiger partial charge in [0.05, 0.1) is 24.8 Å². The largest absolute Gasteiger partial charge is 0.462 e. The van der Waals surface area contributed by atoms with Gasteiger partial charge >= 0.3 is 5.97 Å². The van der Waals surface area contributed by atoms with Crippen molar-refractivity contribution in [1.29, 1.82) is 0 Å². The topological polar surface area (TPSA) is 59.8 Å². The average Bonchev–Trinajstić information content (AvgIpc) is 2.76. The Balaban J connectivity index is 2.08. The van der Waals surface area contributed by atoms with Gasteiger partial charge in [-0.25, -0.2) is 4.79 Å². The molecule has 2 N–H and O–H groups in total. The van der Waals surface area contributed by atoms with Crippen molar-refractivity contribution in [3.63, 3.8) is 0 Å². The summed E-state index contributed by atoms with van der Waals surface area (Å²) < 4.78 is 5.12. The Morgan fingerprint density at radius 3 is 2.74 bits per heavy atom. The number of esters is 1. The van der Waals surface area contributed by atoms with Gasteiger partial charge in [-0.1, -0.05) is 0 Å². The van der Waals surface area contributed by atoms with Crippen LogP contribution in [0.1, 0.15) is 53.9 Å². The molecular weight excluding hydrogens is 312 g/mol. The van der Waals surface area contributed by atoms with Crippen LogP contribution in [0.2, 0.25) is 0 Å². The highest BCUT2D eigenvalue weighted by Gasteiger charge is 2.26. The van der Waals surface area contributed by atoms with Gasteiger partial charge in [0, 0.05) is 4.88 Å². The summed E-state index contributed by atoms with van der Waals surface area (Å²) in [6.07, 6.45) is 3.61. The number of rotatable bonds is 5. The highest BCUT2D eigenvalue weighted by atomic mass is 32.1. The second-order valence-corrected chi connectivity index (χ2v) is 7.46. The van der Waals surface area contributed by atoms with Gasteiger partial charge in [-0.3, -0.25) is 4.79 Å². The quantitative estimate of drug-likeness (QED) is 0.806. The van der Waals surface area contributed by atoms with E-state index in [1.807, 2.05) is 13.8 Å². The van der Waals surface area contributed by atoms with Crippen LogP contribution in [0.25, 0.3) is 0 Å². The van der Waals surface area contributed by atoms with Crippen molar-refractivity contribution >= 4 is 28.2 Å². The molecule has 0 spiro atoms. The minimum Gasteiger partial charge on any atom is -0.462 e. The first-order valence-electron chi connectivity index (χ1n) is 8.35. The van der Waals surface area contributed by atoms with Crippen molar-refractivity contribution in [2.45, 2.75) is 53.0 Å². The van der Waals surface area contributed by atoms with Crippen LogP contribution >= 0.6 is 11.3 Å². The summed E-state index contributed by atoms with van der Waals surface area (Å²) in [5.41, 5.74) is 1.40. The molecule has 0 saturated carbocycles. The molecule has 23 heavy (non-hydrogen) atoms. The molecule has 1 aromatic heterocycles. The number of piperidine rings is 1. The highest BCUT2D eigenvalue weighted by Crippen LogP contribution is 2.32. The fraction of sp³-hybridized carbons (Fsp3) is 0.647.